The minimum Gasteiger partial charge on any atom is -0.294 e. The minimum atomic E-state index is -0.118. The van der Waals surface area contributed by atoms with Gasteiger partial charge < -0.3 is 0 Å². The molecular weight excluding hydrogens is 1350 g/mol. The van der Waals surface area contributed by atoms with E-state index < -0.39 is 0 Å². The lowest BCUT2D eigenvalue weighted by atomic mass is 9.36. The molecule has 0 saturated heterocycles. The number of hydrogen-bond acceptors (Lipinski definition) is 1. The van der Waals surface area contributed by atoms with Gasteiger partial charge in [0, 0.05) is 22.7 Å². The Hall–Kier alpha value is -9.17. The van der Waals surface area contributed by atoms with Gasteiger partial charge in [0.05, 0.1) is 0 Å². The van der Waals surface area contributed by atoms with Gasteiger partial charge in [0.2, 0.25) is 0 Å². The van der Waals surface area contributed by atoms with Crippen molar-refractivity contribution in [3.05, 3.63) is 287 Å². The predicted molar refractivity (Wildman–Crippen MR) is 471 cm³/mol. The molecule has 20 rings (SSSR count). The third-order valence-corrected chi connectivity index (χ3v) is 33.2. The molecule has 6 fully saturated rings. The summed E-state index contributed by atoms with van der Waals surface area (Å²) in [6.07, 6.45) is 31.3. The summed E-state index contributed by atoms with van der Waals surface area (Å²) in [7, 11) is 0. The lowest BCUT2D eigenvalue weighted by molar-refractivity contribution is -0.114. The molecule has 0 atom stereocenters. The highest BCUT2D eigenvalue weighted by atomic mass is 16.1. The van der Waals surface area contributed by atoms with Gasteiger partial charge in [-0.1, -0.05) is 299 Å². The number of aryl methyl sites for hydroxylation is 1. The molecule has 6 bridgehead atoms. The van der Waals surface area contributed by atoms with Gasteiger partial charge in [-0.3, -0.25) is 4.79 Å². The maximum atomic E-state index is 12.5. The fourth-order valence-electron chi connectivity index (χ4n) is 28.8. The molecule has 0 radical (unpaired) electrons. The van der Waals surface area contributed by atoms with E-state index >= 15 is 0 Å². The number of carbonyl (C=O) groups is 1. The molecule has 9 aliphatic rings. The number of hydrogen-bond donors (Lipinski definition) is 0. The van der Waals surface area contributed by atoms with Gasteiger partial charge in [-0.25, -0.2) is 0 Å². The lowest BCUT2D eigenvalue weighted by Crippen LogP contribution is -2.62. The first-order valence-corrected chi connectivity index (χ1v) is 44.0. The molecule has 1 nitrogen and oxygen atoms in total. The van der Waals surface area contributed by atoms with Crippen molar-refractivity contribution >= 4 is 5.78 Å². The summed E-state index contributed by atoms with van der Waals surface area (Å²) in [5, 5.41) is 0. The zero-order valence-electron chi connectivity index (χ0n) is 68.2. The predicted octanol–water partition coefficient (Wildman–Crippen LogP) is 30.6. The van der Waals surface area contributed by atoms with E-state index in [1.54, 1.807) is 40.3 Å². The second-order valence-electron chi connectivity index (χ2n) is 38.1. The van der Waals surface area contributed by atoms with Crippen LogP contribution in [-0.2, 0) is 27.5 Å². The highest BCUT2D eigenvalue weighted by Crippen LogP contribution is 2.80. The zero-order chi connectivity index (χ0) is 76.4. The van der Waals surface area contributed by atoms with Crippen LogP contribution in [0.4, 0.5) is 0 Å². The van der Waals surface area contributed by atoms with Crippen LogP contribution < -0.4 is 0 Å². The van der Waals surface area contributed by atoms with Crippen LogP contribution in [0.2, 0.25) is 0 Å². The van der Waals surface area contributed by atoms with E-state index in [-0.39, 0.29) is 54.5 Å². The number of ketones is 1. The Morgan fingerprint density at radius 1 is 0.295 bits per heavy atom. The summed E-state index contributed by atoms with van der Waals surface area (Å²) < 4.78 is 0. The highest BCUT2D eigenvalue weighted by Gasteiger charge is 2.72. The molecule has 1 heteroatoms. The molecule has 0 aliphatic heterocycles. The van der Waals surface area contributed by atoms with E-state index in [9.17, 15) is 4.79 Å². The second-order valence-corrected chi connectivity index (χ2v) is 38.1. The van der Waals surface area contributed by atoms with Crippen molar-refractivity contribution in [3.8, 4) is 111 Å². The molecule has 0 aromatic heterocycles. The van der Waals surface area contributed by atoms with Crippen molar-refractivity contribution in [1.29, 1.82) is 0 Å². The van der Waals surface area contributed by atoms with Crippen molar-refractivity contribution < 1.29 is 4.79 Å². The van der Waals surface area contributed by atoms with Gasteiger partial charge in [-0.15, -0.1) is 0 Å². The number of benzene rings is 11. The van der Waals surface area contributed by atoms with E-state index in [0.717, 1.165) is 11.1 Å². The van der Waals surface area contributed by atoms with Crippen LogP contribution in [0.5, 0.6) is 0 Å². The van der Waals surface area contributed by atoms with Crippen LogP contribution in [-0.4, -0.2) is 5.78 Å². The topological polar surface area (TPSA) is 17.1 Å². The number of allylic oxidation sites excluding steroid dienone is 1. The van der Waals surface area contributed by atoms with Crippen LogP contribution in [0.25, 0.3) is 111 Å². The molecule has 6 saturated carbocycles. The Kier molecular flexibility index (Phi) is 17.0. The van der Waals surface area contributed by atoms with E-state index in [2.05, 4.69) is 286 Å². The number of Topliss-reactive ketones (excluding diaryl/α,β-unsaturated/α-hetero) is 1. The number of carbonyl (C=O) groups excluding carboxylic acids is 1. The molecule has 11 aromatic carbocycles. The minimum absolute atomic E-state index is 0.0191. The van der Waals surface area contributed by atoms with Crippen LogP contribution in [0.3, 0.4) is 0 Å². The fourth-order valence-corrected chi connectivity index (χ4v) is 28.8. The van der Waals surface area contributed by atoms with E-state index in [4.69, 9.17) is 0 Å². The van der Waals surface area contributed by atoms with Crippen molar-refractivity contribution in [2.75, 3.05) is 0 Å². The number of rotatable bonds is 16. The maximum absolute atomic E-state index is 12.5. The van der Waals surface area contributed by atoms with Crippen LogP contribution in [0.15, 0.2) is 243 Å². The Labute approximate surface area is 669 Å². The van der Waals surface area contributed by atoms with Gasteiger partial charge in [0.1, 0.15) is 0 Å². The monoisotopic (exact) mass is 1460 g/mol. The molecule has 0 amide bonds. The molecule has 0 N–H and O–H groups in total. The summed E-state index contributed by atoms with van der Waals surface area (Å²) >= 11 is 0. The van der Waals surface area contributed by atoms with Crippen LogP contribution in [0, 0.1) is 39.4 Å². The fraction of sp³-hybridized carbons (Fsp3) is 0.378. The Bertz CT molecular complexity index is 5490. The molecule has 9 aliphatic carbocycles. The van der Waals surface area contributed by atoms with E-state index in [1.807, 2.05) is 0 Å². The maximum Gasteiger partial charge on any atom is 0.162 e. The summed E-state index contributed by atoms with van der Waals surface area (Å²) in [5.41, 5.74) is 40.6. The summed E-state index contributed by atoms with van der Waals surface area (Å²) in [6.45, 7) is 23.4. The van der Waals surface area contributed by atoms with Crippen molar-refractivity contribution in [2.24, 2.45) is 32.5 Å². The first-order valence-electron chi connectivity index (χ1n) is 44.0. The average molecular weight is 1460 g/mol. The van der Waals surface area contributed by atoms with Gasteiger partial charge in [-0.05, 0) is 341 Å². The normalized spacial score (nSPS) is 27.8. The van der Waals surface area contributed by atoms with Crippen molar-refractivity contribution in [1.82, 2.24) is 0 Å². The largest absolute Gasteiger partial charge is 0.294 e. The van der Waals surface area contributed by atoms with Gasteiger partial charge in [0.25, 0.3) is 0 Å². The first kappa shape index (κ1) is 71.8. The summed E-state index contributed by atoms with van der Waals surface area (Å²) in [4.78, 5) is 12.5. The van der Waals surface area contributed by atoms with E-state index in [1.165, 1.54) is 265 Å². The lowest BCUT2D eigenvalue weighted by Gasteiger charge is -2.67. The van der Waals surface area contributed by atoms with Gasteiger partial charge in [-0.2, -0.15) is 0 Å². The Balaban J connectivity index is 0.635. The first-order chi connectivity index (χ1) is 54.5. The van der Waals surface area contributed by atoms with Crippen LogP contribution in [0.1, 0.15) is 247 Å². The Morgan fingerprint density at radius 2 is 0.518 bits per heavy atom. The summed E-state index contributed by atoms with van der Waals surface area (Å²) in [6, 6.07) is 92.9. The highest BCUT2D eigenvalue weighted by molar-refractivity contribution is 5.96. The van der Waals surface area contributed by atoms with Crippen molar-refractivity contribution in [3.63, 3.8) is 0 Å². The van der Waals surface area contributed by atoms with Crippen molar-refractivity contribution in [2.45, 2.75) is 232 Å². The average Bonchev–Trinajstić information content (AvgIpc) is 1.46. The zero-order valence-corrected chi connectivity index (χ0v) is 68.2. The SMILES string of the molecule is C=C(C)C(=O)Cc1ccc(-c2ccc(-c3ccc4c(c3)C3(c5cc(-c6ccc7c(c6)C6(c8cc(-c9ccc(-c%10ccc(-c%11ccc%12c(c%11)C%11(c%13cc(-c%14ccc(C)cc%14)ccc%13-%12)C%12(CCC)CCCC%11(CCC)CCC%12)cc%10)cc9)ccc8-7)C7(CC)CCCC6(CC)CCC7)ccc5-4)C4(C)CCCC3(C)CCC4)cc2)cc1. The molecule has 3 spiro atoms. The molecule has 11 aromatic rings. The van der Waals surface area contributed by atoms with Gasteiger partial charge in [0.15, 0.2) is 5.78 Å². The smallest absolute Gasteiger partial charge is 0.162 e. The van der Waals surface area contributed by atoms with Crippen LogP contribution >= 0.6 is 0 Å². The third kappa shape index (κ3) is 9.89. The Morgan fingerprint density at radius 3 is 0.795 bits per heavy atom. The van der Waals surface area contributed by atoms with Gasteiger partial charge >= 0.3 is 0 Å². The summed E-state index contributed by atoms with van der Waals surface area (Å²) in [5.74, 6) is 0.0947. The quantitative estimate of drug-likeness (QED) is 0.0881. The number of fused-ring (bicyclic) bond motifs is 9. The molecule has 112 heavy (non-hydrogen) atoms. The molecule has 0 unspecified atom stereocenters. The third-order valence-electron chi connectivity index (χ3n) is 33.2. The van der Waals surface area contributed by atoms with E-state index in [0.29, 0.717) is 12.0 Å². The standard InChI is InChI=1S/C111H114O/c1-10-52-107-62-18-64-108(53-11-2,65-19-63-107)111(107)100-69-85(80-24-20-74(7)21-25-80)41-48-94(100)95-49-43-87(70-101(95)111)83-38-32-79(33-39-83)78-30-36-82(37-31-78)86-42-47-92-93-51-45-89(72-99(93)110(98(92)68-86)105(12-3)58-16-60-106(110,13-4)61-17-59-105)88-44-50-91-90-46-40-84(67-96(90)109(97(91)71-88)103(8)54-14-56-104(109,9)57-15-55-103)81-34-28-77(29-35-81)76-26-22-75(23-27-76)66-102(112)73(5)6/h20-51,67-72H,5,10-19,52-66H2,1-4,6-9H3. The second kappa shape index (κ2) is 26.5. The molecular formula is C111H114O. The molecule has 0 heterocycles. The molecule has 564 valence electrons.